The minimum absolute atomic E-state index is 0.0437. The Labute approximate surface area is 402 Å². The first-order valence-corrected chi connectivity index (χ1v) is 29.8. The van der Waals surface area contributed by atoms with E-state index in [-0.39, 0.29) is 18.9 Å². The lowest BCUT2D eigenvalue weighted by Crippen LogP contribution is -2.46. The summed E-state index contributed by atoms with van der Waals surface area (Å²) in [6, 6.07) is -0.654. The monoisotopic (exact) mass is 906 g/mol. The van der Waals surface area contributed by atoms with Crippen LogP contribution in [0.5, 0.6) is 0 Å². The van der Waals surface area contributed by atoms with Gasteiger partial charge >= 0.3 is 0 Å². The summed E-state index contributed by atoms with van der Waals surface area (Å²) in [6.45, 7) is 4.31. The summed E-state index contributed by atoms with van der Waals surface area (Å²) in [7, 11) is 0. The number of amides is 1. The molecule has 4 N–H and O–H groups in total. The van der Waals surface area contributed by atoms with Crippen molar-refractivity contribution in [1.29, 1.82) is 0 Å². The summed E-state index contributed by atoms with van der Waals surface area (Å²) < 4.78 is 0. The zero-order chi connectivity index (χ0) is 46.5. The van der Waals surface area contributed by atoms with Gasteiger partial charge in [0.05, 0.1) is 31.3 Å². The number of carbonyl (C=O) groups excluding carboxylic acids is 1. The van der Waals surface area contributed by atoms with Gasteiger partial charge in [-0.25, -0.2) is 0 Å². The molecule has 0 aromatic heterocycles. The summed E-state index contributed by atoms with van der Waals surface area (Å²) >= 11 is 0. The Morgan fingerprint density at radius 3 is 0.750 bits per heavy atom. The van der Waals surface area contributed by atoms with Crippen molar-refractivity contribution in [2.45, 2.75) is 366 Å². The van der Waals surface area contributed by atoms with Crippen LogP contribution >= 0.6 is 0 Å². The maximum Gasteiger partial charge on any atom is 0.222 e. The van der Waals surface area contributed by atoms with Crippen LogP contribution in [0.1, 0.15) is 348 Å². The Bertz CT molecular complexity index is 868. The predicted molar refractivity (Wildman–Crippen MR) is 282 cm³/mol. The third-order valence-electron chi connectivity index (χ3n) is 14.4. The molecule has 0 aromatic rings. The molecule has 0 spiro atoms. The van der Waals surface area contributed by atoms with Gasteiger partial charge in [0, 0.05) is 0 Å². The van der Waals surface area contributed by atoms with E-state index in [9.17, 15) is 20.1 Å². The zero-order valence-corrected chi connectivity index (χ0v) is 44.0. The van der Waals surface area contributed by atoms with Gasteiger partial charge in [-0.2, -0.15) is 0 Å². The Balaban J connectivity index is 3.46. The molecule has 0 bridgehead atoms. The second-order valence-electron chi connectivity index (χ2n) is 21.0. The molecule has 0 radical (unpaired) electrons. The summed E-state index contributed by atoms with van der Waals surface area (Å²) in [5, 5.41) is 33.7. The fourth-order valence-corrected chi connectivity index (χ4v) is 9.88. The van der Waals surface area contributed by atoms with Crippen LogP contribution in [0, 0.1) is 0 Å². The number of hydrogen-bond donors (Lipinski definition) is 4. The number of aliphatic hydroxyl groups excluding tert-OH is 3. The van der Waals surface area contributed by atoms with Gasteiger partial charge in [-0.15, -0.1) is 0 Å². The van der Waals surface area contributed by atoms with Gasteiger partial charge in [-0.1, -0.05) is 328 Å². The van der Waals surface area contributed by atoms with Crippen molar-refractivity contribution in [3.8, 4) is 0 Å². The molecular formula is C59H119NO4. The Morgan fingerprint density at radius 2 is 0.531 bits per heavy atom. The largest absolute Gasteiger partial charge is 0.394 e. The van der Waals surface area contributed by atoms with E-state index in [2.05, 4.69) is 19.2 Å². The van der Waals surface area contributed by atoms with Gasteiger partial charge in [-0.05, 0) is 12.8 Å². The predicted octanol–water partition coefficient (Wildman–Crippen LogP) is 18.5. The molecule has 5 heteroatoms. The normalized spacial score (nSPS) is 13.1. The van der Waals surface area contributed by atoms with E-state index < -0.39 is 18.2 Å². The molecule has 1 amide bonds. The molecule has 0 aliphatic rings. The van der Waals surface area contributed by atoms with Crippen LogP contribution < -0.4 is 5.32 Å². The van der Waals surface area contributed by atoms with Crippen molar-refractivity contribution in [3.05, 3.63) is 0 Å². The number of carbonyl (C=O) groups is 1. The molecule has 5 nitrogen and oxygen atoms in total. The third-order valence-corrected chi connectivity index (χ3v) is 14.4. The number of unbranched alkanes of at least 4 members (excludes halogenated alkanes) is 47. The van der Waals surface area contributed by atoms with Crippen LogP contribution in [-0.4, -0.2) is 46.1 Å². The highest BCUT2D eigenvalue weighted by atomic mass is 16.3. The van der Waals surface area contributed by atoms with Crippen molar-refractivity contribution in [2.24, 2.45) is 0 Å². The SMILES string of the molecule is CCCCCCCCCCCCCCCCCCCCCCCCCCCCCCCC(O)CC(=O)NC(CO)C(O)CCCCCCCCCCCCCCCCCCCCCC. The highest BCUT2D eigenvalue weighted by Gasteiger charge is 2.21. The number of nitrogens with one attached hydrogen (secondary N) is 1. The summed E-state index contributed by atoms with van der Waals surface area (Å²) in [5.74, 6) is -0.274. The van der Waals surface area contributed by atoms with Crippen molar-refractivity contribution in [2.75, 3.05) is 6.61 Å². The van der Waals surface area contributed by atoms with E-state index in [0.717, 1.165) is 25.7 Å². The Kier molecular flexibility index (Phi) is 54.4. The van der Waals surface area contributed by atoms with Crippen LogP contribution in [0.25, 0.3) is 0 Å². The van der Waals surface area contributed by atoms with Crippen molar-refractivity contribution >= 4 is 5.91 Å². The molecule has 0 rings (SSSR count). The maximum atomic E-state index is 12.6. The van der Waals surface area contributed by atoms with E-state index >= 15 is 0 Å². The van der Waals surface area contributed by atoms with Crippen LogP contribution in [0.15, 0.2) is 0 Å². The van der Waals surface area contributed by atoms with Crippen LogP contribution in [0.4, 0.5) is 0 Å². The molecule has 0 fully saturated rings. The smallest absolute Gasteiger partial charge is 0.222 e. The van der Waals surface area contributed by atoms with E-state index in [1.165, 1.54) is 289 Å². The Hall–Kier alpha value is -0.650. The first-order valence-electron chi connectivity index (χ1n) is 29.8. The number of aliphatic hydroxyl groups is 3. The van der Waals surface area contributed by atoms with E-state index in [4.69, 9.17) is 0 Å². The molecule has 0 aliphatic heterocycles. The molecule has 384 valence electrons. The second kappa shape index (κ2) is 55.0. The molecule has 0 heterocycles. The molecule has 64 heavy (non-hydrogen) atoms. The quantitative estimate of drug-likeness (QED) is 0.0458. The van der Waals surface area contributed by atoms with Gasteiger partial charge in [0.25, 0.3) is 0 Å². The van der Waals surface area contributed by atoms with E-state index in [0.29, 0.717) is 12.8 Å². The van der Waals surface area contributed by atoms with Crippen molar-refractivity contribution < 1.29 is 20.1 Å². The maximum absolute atomic E-state index is 12.6. The lowest BCUT2D eigenvalue weighted by molar-refractivity contribution is -0.125. The average Bonchev–Trinajstić information content (AvgIpc) is 3.29. The molecular weight excluding hydrogens is 787 g/mol. The van der Waals surface area contributed by atoms with Crippen molar-refractivity contribution in [3.63, 3.8) is 0 Å². The van der Waals surface area contributed by atoms with E-state index in [1.54, 1.807) is 0 Å². The summed E-state index contributed by atoms with van der Waals surface area (Å²) in [6.07, 6.45) is 67.0. The Morgan fingerprint density at radius 1 is 0.328 bits per heavy atom. The minimum atomic E-state index is -0.745. The molecule has 0 aliphatic carbocycles. The first-order chi connectivity index (χ1) is 31.5. The van der Waals surface area contributed by atoms with E-state index in [1.807, 2.05) is 0 Å². The second-order valence-corrected chi connectivity index (χ2v) is 21.0. The average molecular weight is 907 g/mol. The van der Waals surface area contributed by atoms with Gasteiger partial charge in [-0.3, -0.25) is 4.79 Å². The van der Waals surface area contributed by atoms with Crippen molar-refractivity contribution in [1.82, 2.24) is 5.32 Å². The third kappa shape index (κ3) is 50.8. The number of hydrogen-bond acceptors (Lipinski definition) is 4. The van der Waals surface area contributed by atoms with Gasteiger partial charge in [0.1, 0.15) is 0 Å². The summed E-state index contributed by atoms with van der Waals surface area (Å²) in [5.41, 5.74) is 0. The number of rotatable bonds is 56. The van der Waals surface area contributed by atoms with Gasteiger partial charge in [0.2, 0.25) is 5.91 Å². The standard InChI is InChI=1S/C59H119NO4/c1-3-5-7-9-11-13-15-17-19-21-23-25-26-27-28-29-30-31-32-33-34-36-38-40-42-44-46-48-50-52-56(62)54-59(64)60-57(55-61)58(63)53-51-49-47-45-43-41-39-37-35-24-22-20-18-16-14-12-10-8-6-4-2/h56-58,61-63H,3-55H2,1-2H3,(H,60,64). The molecule has 0 aromatic carbocycles. The van der Waals surface area contributed by atoms with Gasteiger partial charge in [0.15, 0.2) is 0 Å². The zero-order valence-electron chi connectivity index (χ0n) is 44.0. The molecule has 3 atom stereocenters. The minimum Gasteiger partial charge on any atom is -0.394 e. The van der Waals surface area contributed by atoms with Crippen LogP contribution in [0.3, 0.4) is 0 Å². The lowest BCUT2D eigenvalue weighted by Gasteiger charge is -2.23. The lowest BCUT2D eigenvalue weighted by atomic mass is 10.0. The highest BCUT2D eigenvalue weighted by Crippen LogP contribution is 2.19. The molecule has 3 unspecified atom stereocenters. The van der Waals surface area contributed by atoms with Gasteiger partial charge < -0.3 is 20.6 Å². The molecule has 0 saturated heterocycles. The fraction of sp³-hybridized carbons (Fsp3) is 0.983. The van der Waals surface area contributed by atoms with Crippen LogP contribution in [-0.2, 0) is 4.79 Å². The first kappa shape index (κ1) is 63.4. The molecule has 0 saturated carbocycles. The highest BCUT2D eigenvalue weighted by molar-refractivity contribution is 5.76. The fourth-order valence-electron chi connectivity index (χ4n) is 9.88. The summed E-state index contributed by atoms with van der Waals surface area (Å²) in [4.78, 5) is 12.6. The van der Waals surface area contributed by atoms with Crippen LogP contribution in [0.2, 0.25) is 0 Å². The topological polar surface area (TPSA) is 89.8 Å².